The quantitative estimate of drug-likeness (QED) is 0.682. The van der Waals surface area contributed by atoms with E-state index < -0.39 is 0 Å². The monoisotopic (exact) mass is 381 g/mol. The van der Waals surface area contributed by atoms with E-state index in [4.69, 9.17) is 14.6 Å². The number of methoxy groups -OCH3 is 1. The summed E-state index contributed by atoms with van der Waals surface area (Å²) >= 11 is 0. The van der Waals surface area contributed by atoms with Crippen LogP contribution in [0.1, 0.15) is 15.9 Å². The number of hydrogen-bond donors (Lipinski definition) is 2. The van der Waals surface area contributed by atoms with E-state index in [9.17, 15) is 4.79 Å². The van der Waals surface area contributed by atoms with Crippen molar-refractivity contribution in [2.75, 3.05) is 26.9 Å². The number of aliphatic hydroxyl groups is 1. The SMILES string of the molecule is COc1cccc2c1OC[C@@H](CNC(=O)c1ccc3c(c1)ncn3CCO)C2. The minimum atomic E-state index is -0.130. The highest BCUT2D eigenvalue weighted by Gasteiger charge is 2.23. The lowest BCUT2D eigenvalue weighted by Crippen LogP contribution is -2.34. The molecule has 0 saturated heterocycles. The number of amides is 1. The number of carbonyl (C=O) groups is 1. The maximum Gasteiger partial charge on any atom is 0.251 e. The number of ether oxygens (including phenoxy) is 2. The van der Waals surface area contributed by atoms with Crippen molar-refractivity contribution >= 4 is 16.9 Å². The number of nitrogens with zero attached hydrogens (tertiary/aromatic N) is 2. The molecule has 0 radical (unpaired) electrons. The molecule has 1 atom stereocenters. The Kier molecular flexibility index (Phi) is 5.16. The number of para-hydroxylation sites is 1. The molecule has 1 amide bonds. The Labute approximate surface area is 162 Å². The Morgan fingerprint density at radius 3 is 3.11 bits per heavy atom. The van der Waals surface area contributed by atoms with Gasteiger partial charge in [0.25, 0.3) is 5.91 Å². The molecule has 2 aromatic carbocycles. The Bertz CT molecular complexity index is 998. The molecule has 2 N–H and O–H groups in total. The first-order valence-corrected chi connectivity index (χ1v) is 9.32. The van der Waals surface area contributed by atoms with Crippen molar-refractivity contribution in [3.05, 3.63) is 53.9 Å². The Morgan fingerprint density at radius 2 is 2.29 bits per heavy atom. The van der Waals surface area contributed by atoms with Crippen LogP contribution in [-0.2, 0) is 13.0 Å². The van der Waals surface area contributed by atoms with Crippen LogP contribution in [0.5, 0.6) is 11.5 Å². The molecule has 1 aliphatic rings. The molecule has 7 nitrogen and oxygen atoms in total. The van der Waals surface area contributed by atoms with Crippen LogP contribution in [0.15, 0.2) is 42.7 Å². The number of imidazole rings is 1. The zero-order valence-corrected chi connectivity index (χ0v) is 15.7. The number of hydrogen-bond acceptors (Lipinski definition) is 5. The first kappa shape index (κ1) is 18.3. The zero-order chi connectivity index (χ0) is 19.5. The van der Waals surface area contributed by atoms with Crippen LogP contribution in [0.4, 0.5) is 0 Å². The van der Waals surface area contributed by atoms with E-state index in [1.165, 1.54) is 0 Å². The van der Waals surface area contributed by atoms with E-state index in [2.05, 4.69) is 10.3 Å². The molecule has 146 valence electrons. The Morgan fingerprint density at radius 1 is 1.39 bits per heavy atom. The van der Waals surface area contributed by atoms with Crippen LogP contribution in [0.25, 0.3) is 11.0 Å². The second-order valence-electron chi connectivity index (χ2n) is 6.90. The number of benzene rings is 2. The van der Waals surface area contributed by atoms with Crippen molar-refractivity contribution in [1.82, 2.24) is 14.9 Å². The summed E-state index contributed by atoms with van der Waals surface area (Å²) in [4.78, 5) is 16.9. The highest BCUT2D eigenvalue weighted by atomic mass is 16.5. The van der Waals surface area contributed by atoms with E-state index in [1.54, 1.807) is 25.6 Å². The summed E-state index contributed by atoms with van der Waals surface area (Å²) in [6.45, 7) is 1.60. The second kappa shape index (κ2) is 7.90. The van der Waals surface area contributed by atoms with Crippen LogP contribution in [0, 0.1) is 5.92 Å². The van der Waals surface area contributed by atoms with Gasteiger partial charge in [-0.05, 0) is 36.2 Å². The molecule has 0 spiro atoms. The zero-order valence-electron chi connectivity index (χ0n) is 15.7. The van der Waals surface area contributed by atoms with Gasteiger partial charge in [-0.2, -0.15) is 0 Å². The van der Waals surface area contributed by atoms with E-state index in [0.29, 0.717) is 25.3 Å². The lowest BCUT2D eigenvalue weighted by Gasteiger charge is -2.26. The van der Waals surface area contributed by atoms with Crippen LogP contribution in [0.3, 0.4) is 0 Å². The van der Waals surface area contributed by atoms with Gasteiger partial charge in [-0.25, -0.2) is 4.98 Å². The molecule has 0 unspecified atom stereocenters. The van der Waals surface area contributed by atoms with Gasteiger partial charge in [-0.1, -0.05) is 12.1 Å². The van der Waals surface area contributed by atoms with Gasteiger partial charge in [0, 0.05) is 24.6 Å². The van der Waals surface area contributed by atoms with Crippen molar-refractivity contribution < 1.29 is 19.4 Å². The summed E-state index contributed by atoms with van der Waals surface area (Å²) in [6, 6.07) is 11.3. The minimum Gasteiger partial charge on any atom is -0.493 e. The van der Waals surface area contributed by atoms with Crippen LogP contribution >= 0.6 is 0 Å². The Hall–Kier alpha value is -3.06. The molecule has 28 heavy (non-hydrogen) atoms. The third-order valence-corrected chi connectivity index (χ3v) is 5.03. The van der Waals surface area contributed by atoms with Crippen molar-refractivity contribution in [2.24, 2.45) is 5.92 Å². The molecular weight excluding hydrogens is 358 g/mol. The maximum absolute atomic E-state index is 12.6. The number of rotatable bonds is 6. The van der Waals surface area contributed by atoms with Gasteiger partial charge in [0.2, 0.25) is 0 Å². The van der Waals surface area contributed by atoms with Gasteiger partial charge in [-0.3, -0.25) is 4.79 Å². The van der Waals surface area contributed by atoms with Gasteiger partial charge in [-0.15, -0.1) is 0 Å². The van der Waals surface area contributed by atoms with Crippen LogP contribution in [0.2, 0.25) is 0 Å². The number of aliphatic hydroxyl groups excluding tert-OH is 1. The molecule has 0 aliphatic carbocycles. The molecule has 7 heteroatoms. The summed E-state index contributed by atoms with van der Waals surface area (Å²) in [7, 11) is 1.63. The third kappa shape index (κ3) is 3.53. The molecule has 0 saturated carbocycles. The fraction of sp³-hybridized carbons (Fsp3) is 0.333. The molecule has 0 fully saturated rings. The average Bonchev–Trinajstić information content (AvgIpc) is 3.13. The van der Waals surface area contributed by atoms with E-state index in [0.717, 1.165) is 34.5 Å². The normalized spacial score (nSPS) is 15.7. The van der Waals surface area contributed by atoms with E-state index >= 15 is 0 Å². The molecule has 1 aromatic heterocycles. The smallest absolute Gasteiger partial charge is 0.251 e. The molecule has 0 bridgehead atoms. The fourth-order valence-electron chi connectivity index (χ4n) is 3.58. The predicted octanol–water partition coefficient (Wildman–Crippen LogP) is 2.02. The number of nitrogens with one attached hydrogen (secondary N) is 1. The summed E-state index contributed by atoms with van der Waals surface area (Å²) in [6.07, 6.45) is 2.51. The second-order valence-corrected chi connectivity index (χ2v) is 6.90. The molecule has 3 aromatic rings. The van der Waals surface area contributed by atoms with Crippen molar-refractivity contribution in [2.45, 2.75) is 13.0 Å². The van der Waals surface area contributed by atoms with Crippen molar-refractivity contribution in [1.29, 1.82) is 0 Å². The molecule has 4 rings (SSSR count). The number of carbonyl (C=O) groups excluding carboxylic acids is 1. The summed E-state index contributed by atoms with van der Waals surface area (Å²) in [5.74, 6) is 1.62. The van der Waals surface area contributed by atoms with Crippen LogP contribution in [-0.4, -0.2) is 47.4 Å². The first-order valence-electron chi connectivity index (χ1n) is 9.32. The van der Waals surface area contributed by atoms with Gasteiger partial charge < -0.3 is 24.5 Å². The van der Waals surface area contributed by atoms with Crippen LogP contribution < -0.4 is 14.8 Å². The largest absolute Gasteiger partial charge is 0.493 e. The van der Waals surface area contributed by atoms with Crippen molar-refractivity contribution in [3.63, 3.8) is 0 Å². The summed E-state index contributed by atoms with van der Waals surface area (Å²) in [5.41, 5.74) is 3.31. The lowest BCUT2D eigenvalue weighted by molar-refractivity contribution is 0.0938. The van der Waals surface area contributed by atoms with Gasteiger partial charge in [0.05, 0.1) is 37.7 Å². The topological polar surface area (TPSA) is 85.6 Å². The summed E-state index contributed by atoms with van der Waals surface area (Å²) in [5, 5.41) is 12.1. The van der Waals surface area contributed by atoms with E-state index in [1.807, 2.05) is 28.8 Å². The van der Waals surface area contributed by atoms with E-state index in [-0.39, 0.29) is 18.4 Å². The van der Waals surface area contributed by atoms with Gasteiger partial charge in [0.15, 0.2) is 11.5 Å². The standard InChI is InChI=1S/C21H23N3O4/c1-27-19-4-2-3-15-9-14(12-28-20(15)19)11-22-21(26)16-5-6-18-17(10-16)23-13-24(18)7-8-25/h2-6,10,13-14,25H,7-9,11-12H2,1H3,(H,22,26)/t14-/m1/s1. The number of fused-ring (bicyclic) bond motifs is 2. The lowest BCUT2D eigenvalue weighted by atomic mass is 9.96. The average molecular weight is 381 g/mol. The predicted molar refractivity (Wildman–Crippen MR) is 105 cm³/mol. The fourth-order valence-corrected chi connectivity index (χ4v) is 3.58. The molecule has 1 aliphatic heterocycles. The minimum absolute atomic E-state index is 0.0478. The Balaban J connectivity index is 1.40. The molecular formula is C21H23N3O4. The number of aromatic nitrogens is 2. The maximum atomic E-state index is 12.6. The van der Waals surface area contributed by atoms with Gasteiger partial charge >= 0.3 is 0 Å². The molecule has 2 heterocycles. The third-order valence-electron chi connectivity index (χ3n) is 5.03. The highest BCUT2D eigenvalue weighted by molar-refractivity contribution is 5.97. The summed E-state index contributed by atoms with van der Waals surface area (Å²) < 4.78 is 13.1. The van der Waals surface area contributed by atoms with Gasteiger partial charge in [0.1, 0.15) is 0 Å². The first-order chi connectivity index (χ1) is 13.7. The van der Waals surface area contributed by atoms with Crippen molar-refractivity contribution in [3.8, 4) is 11.5 Å². The highest BCUT2D eigenvalue weighted by Crippen LogP contribution is 2.35.